The lowest BCUT2D eigenvalue weighted by molar-refractivity contribution is -0.137. The van der Waals surface area contributed by atoms with Crippen molar-refractivity contribution in [3.8, 4) is 5.75 Å². The Morgan fingerprint density at radius 3 is 2.31 bits per heavy atom. The van der Waals surface area contributed by atoms with E-state index in [1.807, 2.05) is 6.92 Å². The van der Waals surface area contributed by atoms with Crippen molar-refractivity contribution >= 4 is 37.1 Å². The minimum Gasteiger partial charge on any atom is -0.466 e. The van der Waals surface area contributed by atoms with Gasteiger partial charge in [0.25, 0.3) is 0 Å². The number of hydrogen-bond acceptors (Lipinski definition) is 6. The number of aryl methyl sites for hydroxylation is 1. The molecule has 0 aliphatic heterocycles. The second-order valence-electron chi connectivity index (χ2n) is 10.9. The van der Waals surface area contributed by atoms with E-state index in [4.69, 9.17) is 25.8 Å². The van der Waals surface area contributed by atoms with Gasteiger partial charge in [0, 0.05) is 22.6 Å². The average molecular weight is 656 g/mol. The van der Waals surface area contributed by atoms with E-state index in [1.54, 1.807) is 39.0 Å². The second-order valence-corrected chi connectivity index (χ2v) is 14.2. The SMILES string of the molecule is CCCC(CCc1ccc(Sc2cc(C(F)(F)F)ccc2OCOC)cc1Cl)(CCP(=O)(O)O)NC(=O)OC(C)(C)C. The lowest BCUT2D eigenvalue weighted by atomic mass is 9.84. The van der Waals surface area contributed by atoms with Crippen molar-refractivity contribution in [2.45, 2.75) is 86.9 Å². The van der Waals surface area contributed by atoms with Gasteiger partial charge in [-0.05, 0) is 82.3 Å². The first-order valence-corrected chi connectivity index (χ1v) is 16.2. The number of methoxy groups -OCH3 is 1. The molecule has 2 aromatic rings. The fraction of sp³-hybridized carbons (Fsp3) is 0.536. The van der Waals surface area contributed by atoms with Crippen LogP contribution in [-0.2, 0) is 26.6 Å². The molecule has 0 radical (unpaired) electrons. The largest absolute Gasteiger partial charge is 0.466 e. The first-order chi connectivity index (χ1) is 19.4. The Labute approximate surface area is 253 Å². The third-order valence-electron chi connectivity index (χ3n) is 6.10. The molecule has 1 unspecified atom stereocenters. The van der Waals surface area contributed by atoms with Gasteiger partial charge >= 0.3 is 19.9 Å². The first kappa shape index (κ1) is 36.2. The summed E-state index contributed by atoms with van der Waals surface area (Å²) in [5.41, 5.74) is -1.86. The predicted octanol–water partition coefficient (Wildman–Crippen LogP) is 8.06. The van der Waals surface area contributed by atoms with Crippen molar-refractivity contribution < 1.29 is 46.5 Å². The first-order valence-electron chi connectivity index (χ1n) is 13.2. The van der Waals surface area contributed by atoms with Gasteiger partial charge in [0.05, 0.1) is 16.6 Å². The Morgan fingerprint density at radius 1 is 1.07 bits per heavy atom. The summed E-state index contributed by atoms with van der Waals surface area (Å²) >= 11 is 7.64. The molecule has 14 heteroatoms. The molecule has 0 saturated heterocycles. The summed E-state index contributed by atoms with van der Waals surface area (Å²) in [6.45, 7) is 6.91. The Hall–Kier alpha value is -1.95. The summed E-state index contributed by atoms with van der Waals surface area (Å²) in [6.07, 6.45) is -3.88. The van der Waals surface area contributed by atoms with Crippen LogP contribution in [0.2, 0.25) is 5.02 Å². The number of amides is 1. The maximum absolute atomic E-state index is 13.4. The van der Waals surface area contributed by atoms with Crippen molar-refractivity contribution in [3.05, 3.63) is 52.5 Å². The van der Waals surface area contributed by atoms with E-state index in [1.165, 1.54) is 13.2 Å². The number of halogens is 4. The van der Waals surface area contributed by atoms with Gasteiger partial charge < -0.3 is 29.3 Å². The molecule has 8 nitrogen and oxygen atoms in total. The summed E-state index contributed by atoms with van der Waals surface area (Å²) < 4.78 is 67.5. The number of rotatable bonds is 14. The van der Waals surface area contributed by atoms with Gasteiger partial charge in [-0.15, -0.1) is 0 Å². The van der Waals surface area contributed by atoms with Gasteiger partial charge in [-0.2, -0.15) is 13.2 Å². The zero-order chi connectivity index (χ0) is 31.8. The molecule has 1 atom stereocenters. The van der Waals surface area contributed by atoms with Crippen LogP contribution in [0, 0.1) is 0 Å². The van der Waals surface area contributed by atoms with E-state index in [-0.39, 0.29) is 23.9 Å². The van der Waals surface area contributed by atoms with E-state index in [9.17, 15) is 32.3 Å². The maximum Gasteiger partial charge on any atom is 0.416 e. The molecule has 0 aliphatic carbocycles. The molecule has 0 aromatic heterocycles. The van der Waals surface area contributed by atoms with E-state index in [0.29, 0.717) is 41.2 Å². The monoisotopic (exact) mass is 655 g/mol. The zero-order valence-corrected chi connectivity index (χ0v) is 26.7. The molecule has 2 rings (SSSR count). The molecule has 0 fully saturated rings. The van der Waals surface area contributed by atoms with E-state index in [0.717, 1.165) is 23.9 Å². The van der Waals surface area contributed by atoms with Gasteiger partial charge in [0.15, 0.2) is 6.79 Å². The van der Waals surface area contributed by atoms with Crippen molar-refractivity contribution in [1.82, 2.24) is 5.32 Å². The number of carbonyl (C=O) groups is 1. The molecule has 3 N–H and O–H groups in total. The molecule has 0 saturated carbocycles. The standard InChI is InChI=1S/C28H38ClF3NO7PS/c1-6-12-27(14-15-41(35,36)37,33-25(34)40-26(2,3)4)13-11-19-7-9-21(17-22(19)29)42-24-16-20(28(30,31)32)8-10-23(24)39-18-38-5/h7-10,16-17H,6,11-15,18H2,1-5H3,(H,33,34)(H2,35,36,37). The lowest BCUT2D eigenvalue weighted by Gasteiger charge is -2.36. The number of nitrogens with one attached hydrogen (secondary N) is 1. The summed E-state index contributed by atoms with van der Waals surface area (Å²) in [6, 6.07) is 8.25. The normalized spacial score (nSPS) is 13.9. The van der Waals surface area contributed by atoms with Crippen LogP contribution >= 0.6 is 31.0 Å². The smallest absolute Gasteiger partial charge is 0.416 e. The van der Waals surface area contributed by atoms with Crippen LogP contribution in [-0.4, -0.2) is 47.1 Å². The highest BCUT2D eigenvalue weighted by Gasteiger charge is 2.35. The van der Waals surface area contributed by atoms with Crippen LogP contribution in [0.5, 0.6) is 5.75 Å². The Morgan fingerprint density at radius 2 is 1.76 bits per heavy atom. The van der Waals surface area contributed by atoms with E-state index in [2.05, 4.69) is 5.32 Å². The topological polar surface area (TPSA) is 114 Å². The highest BCUT2D eigenvalue weighted by molar-refractivity contribution is 7.99. The zero-order valence-electron chi connectivity index (χ0n) is 24.2. The summed E-state index contributed by atoms with van der Waals surface area (Å²) in [5, 5.41) is 3.22. The molecule has 2 aromatic carbocycles. The number of carbonyl (C=O) groups excluding carboxylic acids is 1. The Kier molecular flexibility index (Phi) is 13.1. The molecule has 236 valence electrons. The van der Waals surface area contributed by atoms with E-state index < -0.39 is 42.7 Å². The maximum atomic E-state index is 13.4. The van der Waals surface area contributed by atoms with Crippen LogP contribution < -0.4 is 10.1 Å². The molecule has 0 bridgehead atoms. The van der Waals surface area contributed by atoms with Crippen molar-refractivity contribution in [1.29, 1.82) is 0 Å². The Bertz CT molecular complexity index is 1250. The summed E-state index contributed by atoms with van der Waals surface area (Å²) in [7, 11) is -2.95. The molecule has 42 heavy (non-hydrogen) atoms. The minimum absolute atomic E-state index is 0.0235. The van der Waals surface area contributed by atoms with Gasteiger partial charge in [-0.3, -0.25) is 4.57 Å². The highest BCUT2D eigenvalue weighted by Crippen LogP contribution is 2.42. The fourth-order valence-electron chi connectivity index (χ4n) is 4.22. The lowest BCUT2D eigenvalue weighted by Crippen LogP contribution is -2.51. The Balaban J connectivity index is 2.31. The summed E-state index contributed by atoms with van der Waals surface area (Å²) in [4.78, 5) is 32.6. The van der Waals surface area contributed by atoms with Gasteiger partial charge in [-0.1, -0.05) is 42.8 Å². The number of alkyl halides is 3. The molecule has 0 aliphatic rings. The fourth-order valence-corrected chi connectivity index (χ4v) is 6.26. The van der Waals surface area contributed by atoms with Crippen molar-refractivity contribution in [3.63, 3.8) is 0 Å². The third kappa shape index (κ3) is 12.3. The quantitative estimate of drug-likeness (QED) is 0.138. The van der Waals surface area contributed by atoms with Crippen molar-refractivity contribution in [2.75, 3.05) is 20.1 Å². The van der Waals surface area contributed by atoms with Crippen LogP contribution in [0.25, 0.3) is 0 Å². The molecule has 0 spiro atoms. The number of benzene rings is 2. The number of hydrogen-bond donors (Lipinski definition) is 3. The van der Waals surface area contributed by atoms with Crippen LogP contribution in [0.1, 0.15) is 64.5 Å². The average Bonchev–Trinajstić information content (AvgIpc) is 2.84. The van der Waals surface area contributed by atoms with E-state index >= 15 is 0 Å². The van der Waals surface area contributed by atoms with Gasteiger partial charge in [0.2, 0.25) is 0 Å². The number of alkyl carbamates (subject to hydrolysis) is 1. The molecular formula is C28H38ClF3NO7PS. The van der Waals surface area contributed by atoms with Crippen LogP contribution in [0.15, 0.2) is 46.2 Å². The van der Waals surface area contributed by atoms with Crippen LogP contribution in [0.4, 0.5) is 18.0 Å². The van der Waals surface area contributed by atoms with Gasteiger partial charge in [0.1, 0.15) is 11.4 Å². The molecular weight excluding hydrogens is 618 g/mol. The third-order valence-corrected chi connectivity index (χ3v) is 8.29. The molecule has 1 amide bonds. The number of ether oxygens (including phenoxy) is 3. The summed E-state index contributed by atoms with van der Waals surface area (Å²) in [5.74, 6) is 0.220. The van der Waals surface area contributed by atoms with Gasteiger partial charge in [-0.25, -0.2) is 4.79 Å². The highest BCUT2D eigenvalue weighted by atomic mass is 35.5. The second kappa shape index (κ2) is 15.2. The predicted molar refractivity (Wildman–Crippen MR) is 156 cm³/mol. The van der Waals surface area contributed by atoms with Crippen molar-refractivity contribution in [2.24, 2.45) is 0 Å². The minimum atomic E-state index is -4.53. The van der Waals surface area contributed by atoms with Crippen LogP contribution in [0.3, 0.4) is 0 Å². The molecule has 0 heterocycles.